The summed E-state index contributed by atoms with van der Waals surface area (Å²) in [5, 5.41) is 0. The smallest absolute Gasteiger partial charge is 0.114 e. The van der Waals surface area contributed by atoms with E-state index in [1.165, 1.54) is 5.56 Å². The van der Waals surface area contributed by atoms with E-state index in [0.29, 0.717) is 5.69 Å². The van der Waals surface area contributed by atoms with Crippen LogP contribution in [0.1, 0.15) is 5.56 Å². The predicted molar refractivity (Wildman–Crippen MR) is 64.8 cm³/mol. The third kappa shape index (κ3) is 2.88. The molecular formula is C14H13N2Y-. The molecule has 0 atom stereocenters. The second kappa shape index (κ2) is 6.18. The molecule has 0 saturated heterocycles. The van der Waals surface area contributed by atoms with Crippen LogP contribution in [0.15, 0.2) is 41.5 Å². The van der Waals surface area contributed by atoms with Gasteiger partial charge in [-0.25, -0.2) is 6.07 Å². The average molecular weight is 298 g/mol. The summed E-state index contributed by atoms with van der Waals surface area (Å²) in [6.07, 6.45) is 1.94. The van der Waals surface area contributed by atoms with Gasteiger partial charge in [0.1, 0.15) is 7.05 Å². The zero-order chi connectivity index (χ0) is 11.5. The van der Waals surface area contributed by atoms with E-state index in [9.17, 15) is 0 Å². The molecule has 2 aromatic rings. The summed E-state index contributed by atoms with van der Waals surface area (Å²) in [5.41, 5.74) is 4.00. The molecule has 2 rings (SSSR count). The molecule has 0 unspecified atom stereocenters. The van der Waals surface area contributed by atoms with Gasteiger partial charge in [0.05, 0.1) is 6.20 Å². The molecule has 0 fully saturated rings. The van der Waals surface area contributed by atoms with Crippen LogP contribution in [0.2, 0.25) is 0 Å². The largest absolute Gasteiger partial charge is 0.479 e. The van der Waals surface area contributed by atoms with Crippen LogP contribution in [0.5, 0.6) is 0 Å². The fourth-order valence-corrected chi connectivity index (χ4v) is 1.79. The summed E-state index contributed by atoms with van der Waals surface area (Å²) in [5.74, 6) is 0. The molecule has 0 spiro atoms. The van der Waals surface area contributed by atoms with Crippen LogP contribution in [-0.4, -0.2) is 6.72 Å². The normalized spacial score (nSPS) is 9.53. The van der Waals surface area contributed by atoms with Crippen LogP contribution in [0.4, 0.5) is 5.69 Å². The molecule has 17 heavy (non-hydrogen) atoms. The molecule has 1 radical (unpaired) electrons. The van der Waals surface area contributed by atoms with Crippen molar-refractivity contribution in [2.45, 2.75) is 6.92 Å². The van der Waals surface area contributed by atoms with Crippen molar-refractivity contribution >= 4 is 12.4 Å². The fraction of sp³-hybridized carbons (Fsp3) is 0.143. The quantitative estimate of drug-likeness (QED) is 0.460. The predicted octanol–water partition coefficient (Wildman–Crippen LogP) is 2.49. The Balaban J connectivity index is 0.00000144. The van der Waals surface area contributed by atoms with Gasteiger partial charge in [-0.2, -0.15) is 6.72 Å². The maximum absolute atomic E-state index is 5.39. The van der Waals surface area contributed by atoms with E-state index in [1.807, 2.05) is 36.0 Å². The van der Waals surface area contributed by atoms with Crippen LogP contribution in [-0.2, 0) is 39.8 Å². The van der Waals surface area contributed by atoms with Crippen LogP contribution in [0.3, 0.4) is 0 Å². The fourth-order valence-electron chi connectivity index (χ4n) is 1.79. The van der Waals surface area contributed by atoms with Crippen LogP contribution >= 0.6 is 0 Å². The second-order valence-corrected chi connectivity index (χ2v) is 3.71. The van der Waals surface area contributed by atoms with Gasteiger partial charge < -0.3 is 9.56 Å². The number of rotatable bonds is 2. The van der Waals surface area contributed by atoms with E-state index in [-0.39, 0.29) is 32.7 Å². The maximum atomic E-state index is 5.39. The number of hydrogen-bond donors (Lipinski definition) is 0. The molecule has 1 heterocycles. The Hall–Kier alpha value is -0.856. The standard InChI is InChI=1S/C14H13N2.Y/c1-11-7-4-5-8-12(11)14-13(15-2)9-6-10-16(14)3;/h2,4-8,10H,1,3H3;/q-1;. The molecular weight excluding hydrogens is 285 g/mol. The van der Waals surface area contributed by atoms with Crippen molar-refractivity contribution in [1.29, 1.82) is 0 Å². The van der Waals surface area contributed by atoms with E-state index in [4.69, 9.17) is 6.72 Å². The van der Waals surface area contributed by atoms with Gasteiger partial charge in [-0.05, 0) is 12.5 Å². The Bertz CT molecular complexity index is 535. The number of hydrogen-bond acceptors (Lipinski definition) is 1. The van der Waals surface area contributed by atoms with Gasteiger partial charge in [0.15, 0.2) is 0 Å². The van der Waals surface area contributed by atoms with Gasteiger partial charge in [0.25, 0.3) is 0 Å². The SMILES string of the molecule is [CH-]=Nc1[c-]cc[n+](C)c1-c1ccccc1C.[Y]. The van der Waals surface area contributed by atoms with E-state index < -0.39 is 0 Å². The summed E-state index contributed by atoms with van der Waals surface area (Å²) < 4.78 is 2.00. The first-order valence-electron chi connectivity index (χ1n) is 5.11. The van der Waals surface area contributed by atoms with Crippen LogP contribution in [0.25, 0.3) is 11.3 Å². The number of pyridine rings is 1. The molecule has 0 saturated carbocycles. The third-order valence-corrected chi connectivity index (χ3v) is 2.62. The Labute approximate surface area is 127 Å². The van der Waals surface area contributed by atoms with Crippen LogP contribution in [0, 0.1) is 13.0 Å². The minimum Gasteiger partial charge on any atom is -0.479 e. The molecule has 0 N–H and O–H groups in total. The van der Waals surface area contributed by atoms with Gasteiger partial charge in [-0.3, -0.25) is 0 Å². The molecule has 0 aliphatic carbocycles. The topological polar surface area (TPSA) is 16.2 Å². The molecule has 0 aliphatic rings. The molecule has 0 aliphatic heterocycles. The van der Waals surface area contributed by atoms with E-state index in [0.717, 1.165) is 11.3 Å². The molecule has 1 aromatic carbocycles. The summed E-state index contributed by atoms with van der Waals surface area (Å²) in [4.78, 5) is 3.77. The summed E-state index contributed by atoms with van der Waals surface area (Å²) in [7, 11) is 1.98. The van der Waals surface area contributed by atoms with Crippen molar-refractivity contribution in [2.75, 3.05) is 0 Å². The zero-order valence-corrected chi connectivity index (χ0v) is 12.9. The number of benzene rings is 1. The maximum Gasteiger partial charge on any atom is 0.114 e. The number of aliphatic imine (C=N–C) groups is 1. The Kier molecular flexibility index (Phi) is 5.16. The van der Waals surface area contributed by atoms with Crippen molar-refractivity contribution in [3.63, 3.8) is 0 Å². The van der Waals surface area contributed by atoms with Crippen molar-refractivity contribution in [2.24, 2.45) is 12.0 Å². The Morgan fingerprint density at radius 3 is 2.65 bits per heavy atom. The van der Waals surface area contributed by atoms with Gasteiger partial charge in [-0.1, -0.05) is 29.8 Å². The Morgan fingerprint density at radius 2 is 2.00 bits per heavy atom. The summed E-state index contributed by atoms with van der Waals surface area (Å²) in [6.45, 7) is 7.46. The van der Waals surface area contributed by atoms with E-state index in [2.05, 4.69) is 30.1 Å². The number of aromatic nitrogens is 1. The van der Waals surface area contributed by atoms with E-state index in [1.54, 1.807) is 0 Å². The molecule has 0 amide bonds. The average Bonchev–Trinajstić information content (AvgIpc) is 2.30. The van der Waals surface area contributed by atoms with Crippen molar-refractivity contribution in [3.05, 3.63) is 48.2 Å². The monoisotopic (exact) mass is 298 g/mol. The Morgan fingerprint density at radius 1 is 1.29 bits per heavy atom. The van der Waals surface area contributed by atoms with Crippen molar-refractivity contribution < 1.29 is 37.3 Å². The first kappa shape index (κ1) is 14.2. The first-order valence-corrected chi connectivity index (χ1v) is 5.11. The van der Waals surface area contributed by atoms with E-state index >= 15 is 0 Å². The van der Waals surface area contributed by atoms with Gasteiger partial charge in [-0.15, -0.1) is 11.8 Å². The second-order valence-electron chi connectivity index (χ2n) is 3.71. The number of aryl methyl sites for hydroxylation is 2. The molecule has 2 nitrogen and oxygen atoms in total. The summed E-state index contributed by atoms with van der Waals surface area (Å²) in [6, 6.07) is 13.0. The minimum absolute atomic E-state index is 0. The molecule has 1 aromatic heterocycles. The first-order chi connectivity index (χ1) is 7.74. The van der Waals surface area contributed by atoms with Crippen molar-refractivity contribution in [3.8, 4) is 11.3 Å². The number of nitrogens with zero attached hydrogens (tertiary/aromatic N) is 2. The van der Waals surface area contributed by atoms with Gasteiger partial charge in [0, 0.05) is 38.4 Å². The molecule has 83 valence electrons. The summed E-state index contributed by atoms with van der Waals surface area (Å²) >= 11 is 0. The van der Waals surface area contributed by atoms with Gasteiger partial charge in [0.2, 0.25) is 0 Å². The minimum atomic E-state index is 0. The van der Waals surface area contributed by atoms with Gasteiger partial charge >= 0.3 is 0 Å². The van der Waals surface area contributed by atoms with Crippen molar-refractivity contribution in [1.82, 2.24) is 0 Å². The zero-order valence-electron chi connectivity index (χ0n) is 10.0. The third-order valence-electron chi connectivity index (χ3n) is 2.62. The molecule has 0 bridgehead atoms. The molecule has 3 heteroatoms. The van der Waals surface area contributed by atoms with Crippen LogP contribution < -0.4 is 4.57 Å².